The van der Waals surface area contributed by atoms with E-state index in [1.807, 2.05) is 0 Å². The number of ketones is 1. The maximum absolute atomic E-state index is 11.9. The molecule has 0 unspecified atom stereocenters. The molecule has 0 aliphatic heterocycles. The second kappa shape index (κ2) is 4.57. The van der Waals surface area contributed by atoms with Crippen LogP contribution >= 0.6 is 0 Å². The van der Waals surface area contributed by atoms with Gasteiger partial charge in [0.25, 0.3) is 0 Å². The van der Waals surface area contributed by atoms with Crippen LogP contribution in [0.5, 0.6) is 0 Å². The van der Waals surface area contributed by atoms with Crippen molar-refractivity contribution in [2.75, 3.05) is 0 Å². The molecule has 0 spiro atoms. The van der Waals surface area contributed by atoms with Crippen molar-refractivity contribution in [3.63, 3.8) is 0 Å². The molecule has 4 aliphatic rings. The van der Waals surface area contributed by atoms with E-state index in [4.69, 9.17) is 0 Å². The van der Waals surface area contributed by atoms with Gasteiger partial charge in [-0.05, 0) is 43.9 Å². The van der Waals surface area contributed by atoms with E-state index in [0.29, 0.717) is 24.5 Å². The summed E-state index contributed by atoms with van der Waals surface area (Å²) in [6.07, 6.45) is 9.60. The molecule has 0 heterocycles. The average Bonchev–Trinajstić information content (AvgIpc) is 2.86. The van der Waals surface area contributed by atoms with Gasteiger partial charge in [-0.1, -0.05) is 31.6 Å². The van der Waals surface area contributed by atoms with Crippen molar-refractivity contribution in [3.8, 4) is 6.07 Å². The number of nitriles is 1. The number of hydrogen-bond donors (Lipinski definition) is 1. The summed E-state index contributed by atoms with van der Waals surface area (Å²) in [4.78, 5) is 11.9. The van der Waals surface area contributed by atoms with Gasteiger partial charge in [0.15, 0.2) is 0 Å². The SMILES string of the molecule is C[C@]12CCC(=O)CC1=CC[C@@H]1[C@@H]3CC=C(C#N)[C@@]3(C)CC[C@@]12O. The number of rotatable bonds is 0. The van der Waals surface area contributed by atoms with Gasteiger partial charge in [-0.2, -0.15) is 5.26 Å². The van der Waals surface area contributed by atoms with E-state index in [2.05, 4.69) is 32.1 Å². The highest BCUT2D eigenvalue weighted by molar-refractivity contribution is 5.83. The molecule has 0 bridgehead atoms. The Morgan fingerprint density at radius 2 is 1.91 bits per heavy atom. The predicted octanol–water partition coefficient (Wildman–Crippen LogP) is 3.69. The molecule has 4 aliphatic carbocycles. The van der Waals surface area contributed by atoms with Gasteiger partial charge in [0, 0.05) is 29.2 Å². The number of aliphatic hydroxyl groups is 1. The summed E-state index contributed by atoms with van der Waals surface area (Å²) in [7, 11) is 0. The Labute approximate surface area is 138 Å². The summed E-state index contributed by atoms with van der Waals surface area (Å²) in [6, 6.07) is 2.40. The van der Waals surface area contributed by atoms with Gasteiger partial charge in [0.2, 0.25) is 0 Å². The fourth-order valence-corrected chi connectivity index (χ4v) is 6.16. The Hall–Kier alpha value is -1.40. The zero-order valence-corrected chi connectivity index (χ0v) is 14.1. The fourth-order valence-electron chi connectivity index (χ4n) is 6.16. The molecule has 2 fully saturated rings. The number of hydrogen-bond acceptors (Lipinski definition) is 3. The van der Waals surface area contributed by atoms with E-state index in [-0.39, 0.29) is 16.7 Å². The molecule has 5 atom stereocenters. The van der Waals surface area contributed by atoms with E-state index >= 15 is 0 Å². The Bertz CT molecular complexity index is 684. The van der Waals surface area contributed by atoms with Crippen molar-refractivity contribution in [2.24, 2.45) is 22.7 Å². The number of Topliss-reactive ketones (excluding diaryl/α,β-unsaturated/α-hetero) is 1. The lowest BCUT2D eigenvalue weighted by Crippen LogP contribution is -2.62. The van der Waals surface area contributed by atoms with Crippen molar-refractivity contribution < 1.29 is 9.90 Å². The van der Waals surface area contributed by atoms with Gasteiger partial charge in [0.05, 0.1) is 11.7 Å². The summed E-state index contributed by atoms with van der Waals surface area (Å²) in [6.45, 7) is 4.39. The Balaban J connectivity index is 1.76. The lowest BCUT2D eigenvalue weighted by Gasteiger charge is -2.61. The maximum Gasteiger partial charge on any atom is 0.136 e. The Morgan fingerprint density at radius 3 is 2.65 bits per heavy atom. The first kappa shape index (κ1) is 15.1. The zero-order chi connectivity index (χ0) is 16.5. The van der Waals surface area contributed by atoms with Crippen LogP contribution in [0.2, 0.25) is 0 Å². The molecule has 0 aromatic carbocycles. The maximum atomic E-state index is 11.9. The number of allylic oxidation sites excluding steroid dienone is 3. The minimum Gasteiger partial charge on any atom is -0.389 e. The van der Waals surface area contributed by atoms with Crippen LogP contribution in [-0.4, -0.2) is 16.5 Å². The highest BCUT2D eigenvalue weighted by Crippen LogP contribution is 2.66. The second-order valence-corrected chi connectivity index (χ2v) is 8.53. The van der Waals surface area contributed by atoms with Gasteiger partial charge >= 0.3 is 0 Å². The van der Waals surface area contributed by atoms with Gasteiger partial charge < -0.3 is 5.11 Å². The molecule has 122 valence electrons. The van der Waals surface area contributed by atoms with Crippen LogP contribution in [0.1, 0.15) is 58.8 Å². The summed E-state index contributed by atoms with van der Waals surface area (Å²) >= 11 is 0. The van der Waals surface area contributed by atoms with Crippen LogP contribution < -0.4 is 0 Å². The molecule has 0 radical (unpaired) electrons. The summed E-state index contributed by atoms with van der Waals surface area (Å²) in [5.74, 6) is 0.860. The van der Waals surface area contributed by atoms with E-state index in [0.717, 1.165) is 37.7 Å². The van der Waals surface area contributed by atoms with E-state index in [1.165, 1.54) is 5.57 Å². The largest absolute Gasteiger partial charge is 0.389 e. The minimum atomic E-state index is -0.722. The van der Waals surface area contributed by atoms with Crippen LogP contribution in [0.15, 0.2) is 23.3 Å². The Morgan fingerprint density at radius 1 is 1.17 bits per heavy atom. The van der Waals surface area contributed by atoms with Crippen LogP contribution in [0.25, 0.3) is 0 Å². The van der Waals surface area contributed by atoms with Crippen LogP contribution in [0, 0.1) is 34.0 Å². The van der Waals surface area contributed by atoms with Gasteiger partial charge in [-0.15, -0.1) is 0 Å². The highest BCUT2D eigenvalue weighted by Gasteiger charge is 2.64. The molecule has 3 nitrogen and oxygen atoms in total. The molecule has 0 aromatic heterocycles. The van der Waals surface area contributed by atoms with Crippen molar-refractivity contribution >= 4 is 5.78 Å². The summed E-state index contributed by atoms with van der Waals surface area (Å²) in [5.41, 5.74) is 1.03. The molecule has 3 heteroatoms. The normalized spacial score (nSPS) is 48.5. The summed E-state index contributed by atoms with van der Waals surface area (Å²) in [5, 5.41) is 21.3. The first-order chi connectivity index (χ1) is 10.8. The third-order valence-corrected chi connectivity index (χ3v) is 7.83. The molecule has 0 saturated heterocycles. The van der Waals surface area contributed by atoms with Crippen molar-refractivity contribution in [3.05, 3.63) is 23.3 Å². The van der Waals surface area contributed by atoms with E-state index < -0.39 is 5.60 Å². The van der Waals surface area contributed by atoms with Crippen LogP contribution in [0.3, 0.4) is 0 Å². The number of carbonyl (C=O) groups excluding carboxylic acids is 1. The third kappa shape index (κ3) is 1.71. The Kier molecular flexibility index (Phi) is 3.01. The molecule has 23 heavy (non-hydrogen) atoms. The van der Waals surface area contributed by atoms with Crippen molar-refractivity contribution in [1.29, 1.82) is 5.26 Å². The molecule has 1 N–H and O–H groups in total. The lowest BCUT2D eigenvalue weighted by atomic mass is 9.45. The molecule has 0 amide bonds. The average molecular weight is 311 g/mol. The van der Waals surface area contributed by atoms with E-state index in [9.17, 15) is 15.2 Å². The van der Waals surface area contributed by atoms with Crippen LogP contribution in [-0.2, 0) is 4.79 Å². The number of fused-ring (bicyclic) bond motifs is 5. The molecule has 2 saturated carbocycles. The smallest absolute Gasteiger partial charge is 0.136 e. The topological polar surface area (TPSA) is 61.1 Å². The number of nitrogens with zero attached hydrogens (tertiary/aromatic N) is 1. The fraction of sp³-hybridized carbons (Fsp3) is 0.700. The molecular formula is C20H25NO2. The van der Waals surface area contributed by atoms with Crippen molar-refractivity contribution in [1.82, 2.24) is 0 Å². The molecular weight excluding hydrogens is 286 g/mol. The van der Waals surface area contributed by atoms with Gasteiger partial charge in [-0.3, -0.25) is 4.79 Å². The number of carbonyl (C=O) groups is 1. The molecule has 0 aromatic rings. The molecule has 4 rings (SSSR count). The van der Waals surface area contributed by atoms with Gasteiger partial charge in [0.1, 0.15) is 5.78 Å². The quantitative estimate of drug-likeness (QED) is 0.694. The second-order valence-electron chi connectivity index (χ2n) is 8.53. The van der Waals surface area contributed by atoms with E-state index in [1.54, 1.807) is 0 Å². The zero-order valence-electron chi connectivity index (χ0n) is 14.1. The third-order valence-electron chi connectivity index (χ3n) is 7.83. The highest BCUT2D eigenvalue weighted by atomic mass is 16.3. The standard InChI is InChI=1S/C20H25NO2/c1-18-9-10-20(23)17(16(18)5-4-14(18)12-21)6-3-13-11-15(22)7-8-19(13,20)2/h3-4,16-17,23H,5-11H2,1-2H3/t16-,17+,18+,19-,20+/m0/s1. The summed E-state index contributed by atoms with van der Waals surface area (Å²) < 4.78 is 0. The first-order valence-electron chi connectivity index (χ1n) is 8.89. The monoisotopic (exact) mass is 311 g/mol. The first-order valence-corrected chi connectivity index (χ1v) is 8.89. The van der Waals surface area contributed by atoms with Crippen LogP contribution in [0.4, 0.5) is 0 Å². The van der Waals surface area contributed by atoms with Crippen molar-refractivity contribution in [2.45, 2.75) is 64.4 Å². The lowest BCUT2D eigenvalue weighted by molar-refractivity contribution is -0.177. The van der Waals surface area contributed by atoms with Gasteiger partial charge in [-0.25, -0.2) is 0 Å². The minimum absolute atomic E-state index is 0.0716. The predicted molar refractivity (Wildman–Crippen MR) is 87.2 cm³/mol.